The SMILES string of the molecule is CCCCCC(NCCC)c1ncccc1OC. The number of ether oxygens (including phenoxy) is 1. The van der Waals surface area contributed by atoms with Gasteiger partial charge < -0.3 is 10.1 Å². The molecule has 1 aromatic rings. The minimum Gasteiger partial charge on any atom is -0.495 e. The van der Waals surface area contributed by atoms with Crippen LogP contribution in [-0.4, -0.2) is 18.6 Å². The summed E-state index contributed by atoms with van der Waals surface area (Å²) >= 11 is 0. The largest absolute Gasteiger partial charge is 0.495 e. The van der Waals surface area contributed by atoms with Gasteiger partial charge in [-0.15, -0.1) is 0 Å². The van der Waals surface area contributed by atoms with Gasteiger partial charge >= 0.3 is 0 Å². The van der Waals surface area contributed by atoms with Crippen LogP contribution in [0.1, 0.15) is 57.7 Å². The molecule has 1 rings (SSSR count). The van der Waals surface area contributed by atoms with Crippen molar-refractivity contribution < 1.29 is 4.74 Å². The van der Waals surface area contributed by atoms with Gasteiger partial charge in [0, 0.05) is 6.20 Å². The summed E-state index contributed by atoms with van der Waals surface area (Å²) in [5.41, 5.74) is 1.05. The van der Waals surface area contributed by atoms with E-state index in [9.17, 15) is 0 Å². The van der Waals surface area contributed by atoms with Gasteiger partial charge in [0.2, 0.25) is 0 Å². The van der Waals surface area contributed by atoms with Crippen LogP contribution in [0.3, 0.4) is 0 Å². The maximum atomic E-state index is 5.41. The van der Waals surface area contributed by atoms with E-state index in [2.05, 4.69) is 24.1 Å². The van der Waals surface area contributed by atoms with Gasteiger partial charge in [0.25, 0.3) is 0 Å². The molecule has 0 aliphatic heterocycles. The van der Waals surface area contributed by atoms with Gasteiger partial charge in [0.15, 0.2) is 0 Å². The number of aromatic nitrogens is 1. The van der Waals surface area contributed by atoms with Crippen molar-refractivity contribution in [3.8, 4) is 5.75 Å². The molecule has 0 aliphatic carbocycles. The number of pyridine rings is 1. The highest BCUT2D eigenvalue weighted by atomic mass is 16.5. The van der Waals surface area contributed by atoms with E-state index >= 15 is 0 Å². The predicted octanol–water partition coefficient (Wildman–Crippen LogP) is 3.71. The van der Waals surface area contributed by atoms with E-state index in [1.165, 1.54) is 19.3 Å². The van der Waals surface area contributed by atoms with Crippen LogP contribution in [0.25, 0.3) is 0 Å². The van der Waals surface area contributed by atoms with Gasteiger partial charge in [-0.1, -0.05) is 33.1 Å². The lowest BCUT2D eigenvalue weighted by Gasteiger charge is -2.20. The Hall–Kier alpha value is -1.09. The lowest BCUT2D eigenvalue weighted by molar-refractivity contribution is 0.385. The zero-order chi connectivity index (χ0) is 13.2. The predicted molar refractivity (Wildman–Crippen MR) is 76.0 cm³/mol. The summed E-state index contributed by atoms with van der Waals surface area (Å²) in [4.78, 5) is 4.49. The van der Waals surface area contributed by atoms with Crippen molar-refractivity contribution in [2.24, 2.45) is 0 Å². The molecular weight excluding hydrogens is 224 g/mol. The maximum absolute atomic E-state index is 5.41. The molecule has 0 saturated heterocycles. The molecule has 1 N–H and O–H groups in total. The van der Waals surface area contributed by atoms with Crippen molar-refractivity contribution >= 4 is 0 Å². The maximum Gasteiger partial charge on any atom is 0.141 e. The summed E-state index contributed by atoms with van der Waals surface area (Å²) in [6.07, 6.45) is 7.87. The smallest absolute Gasteiger partial charge is 0.141 e. The number of nitrogens with one attached hydrogen (secondary N) is 1. The number of unbranched alkanes of at least 4 members (excludes halogenated alkanes) is 2. The topological polar surface area (TPSA) is 34.2 Å². The fraction of sp³-hybridized carbons (Fsp3) is 0.667. The van der Waals surface area contributed by atoms with Crippen molar-refractivity contribution in [1.29, 1.82) is 0 Å². The molecule has 3 nitrogen and oxygen atoms in total. The van der Waals surface area contributed by atoms with Crippen LogP contribution < -0.4 is 10.1 Å². The normalized spacial score (nSPS) is 12.4. The first-order valence-electron chi connectivity index (χ1n) is 7.05. The van der Waals surface area contributed by atoms with Gasteiger partial charge in [-0.2, -0.15) is 0 Å². The van der Waals surface area contributed by atoms with Gasteiger partial charge in [0.1, 0.15) is 5.75 Å². The highest BCUT2D eigenvalue weighted by Crippen LogP contribution is 2.26. The molecule has 0 aliphatic rings. The average molecular weight is 250 g/mol. The first-order valence-corrected chi connectivity index (χ1v) is 7.05. The number of nitrogens with zero attached hydrogens (tertiary/aromatic N) is 1. The molecule has 0 aromatic carbocycles. The van der Waals surface area contributed by atoms with Crippen LogP contribution in [0.15, 0.2) is 18.3 Å². The van der Waals surface area contributed by atoms with Crippen molar-refractivity contribution in [3.63, 3.8) is 0 Å². The van der Waals surface area contributed by atoms with Gasteiger partial charge in [0.05, 0.1) is 18.8 Å². The Balaban J connectivity index is 2.72. The minimum absolute atomic E-state index is 0.313. The van der Waals surface area contributed by atoms with Crippen LogP contribution in [0.2, 0.25) is 0 Å². The Morgan fingerprint density at radius 3 is 2.78 bits per heavy atom. The van der Waals surface area contributed by atoms with E-state index in [0.717, 1.165) is 30.8 Å². The summed E-state index contributed by atoms with van der Waals surface area (Å²) in [5.74, 6) is 0.891. The standard InChI is InChI=1S/C15H26N2O/c1-4-6-7-9-13(16-11-5-2)15-14(18-3)10-8-12-17-15/h8,10,12-13,16H,4-7,9,11H2,1-3H3. The zero-order valence-corrected chi connectivity index (χ0v) is 11.9. The molecule has 0 bridgehead atoms. The van der Waals surface area contributed by atoms with Crippen molar-refractivity contribution in [2.45, 2.75) is 52.0 Å². The second-order valence-electron chi connectivity index (χ2n) is 4.59. The fourth-order valence-corrected chi connectivity index (χ4v) is 2.09. The first-order chi connectivity index (χ1) is 8.83. The molecule has 0 spiro atoms. The molecule has 0 radical (unpaired) electrons. The molecule has 1 atom stereocenters. The third-order valence-electron chi connectivity index (χ3n) is 3.09. The number of methoxy groups -OCH3 is 1. The molecule has 0 amide bonds. The van der Waals surface area contributed by atoms with Crippen LogP contribution in [0.5, 0.6) is 5.75 Å². The molecule has 1 heterocycles. The van der Waals surface area contributed by atoms with E-state index in [0.29, 0.717) is 6.04 Å². The highest BCUT2D eigenvalue weighted by Gasteiger charge is 2.16. The molecule has 3 heteroatoms. The van der Waals surface area contributed by atoms with Crippen molar-refractivity contribution in [3.05, 3.63) is 24.0 Å². The zero-order valence-electron chi connectivity index (χ0n) is 11.9. The Kier molecular flexibility index (Phi) is 7.42. The number of rotatable bonds is 9. The van der Waals surface area contributed by atoms with Crippen molar-refractivity contribution in [1.82, 2.24) is 10.3 Å². The number of hydrogen-bond donors (Lipinski definition) is 1. The van der Waals surface area contributed by atoms with Crippen LogP contribution in [0.4, 0.5) is 0 Å². The summed E-state index contributed by atoms with van der Waals surface area (Å²) in [6.45, 7) is 5.44. The second-order valence-corrected chi connectivity index (χ2v) is 4.59. The van der Waals surface area contributed by atoms with Crippen LogP contribution >= 0.6 is 0 Å². The Morgan fingerprint density at radius 1 is 1.28 bits per heavy atom. The summed E-state index contributed by atoms with van der Waals surface area (Å²) in [6, 6.07) is 4.22. The van der Waals surface area contributed by atoms with Crippen LogP contribution in [0, 0.1) is 0 Å². The lowest BCUT2D eigenvalue weighted by Crippen LogP contribution is -2.23. The van der Waals surface area contributed by atoms with Gasteiger partial charge in [-0.05, 0) is 31.5 Å². The Labute approximate surface area is 111 Å². The fourth-order valence-electron chi connectivity index (χ4n) is 2.09. The summed E-state index contributed by atoms with van der Waals surface area (Å²) in [5, 5.41) is 3.58. The second kappa shape index (κ2) is 8.92. The average Bonchev–Trinajstić information content (AvgIpc) is 2.42. The van der Waals surface area contributed by atoms with E-state index in [-0.39, 0.29) is 0 Å². The molecular formula is C15H26N2O. The quantitative estimate of drug-likeness (QED) is 0.678. The van der Waals surface area contributed by atoms with Crippen molar-refractivity contribution in [2.75, 3.05) is 13.7 Å². The molecule has 1 unspecified atom stereocenters. The third kappa shape index (κ3) is 4.65. The monoisotopic (exact) mass is 250 g/mol. The summed E-state index contributed by atoms with van der Waals surface area (Å²) in [7, 11) is 1.71. The Morgan fingerprint density at radius 2 is 2.11 bits per heavy atom. The molecule has 1 aromatic heterocycles. The Bertz CT molecular complexity index is 328. The van der Waals surface area contributed by atoms with E-state index in [1.807, 2.05) is 18.3 Å². The highest BCUT2D eigenvalue weighted by molar-refractivity contribution is 5.29. The third-order valence-corrected chi connectivity index (χ3v) is 3.09. The van der Waals surface area contributed by atoms with E-state index in [1.54, 1.807) is 7.11 Å². The summed E-state index contributed by atoms with van der Waals surface area (Å²) < 4.78 is 5.41. The molecule has 0 saturated carbocycles. The lowest BCUT2D eigenvalue weighted by atomic mass is 10.0. The molecule has 0 fully saturated rings. The van der Waals surface area contributed by atoms with Gasteiger partial charge in [-0.25, -0.2) is 0 Å². The number of hydrogen-bond acceptors (Lipinski definition) is 3. The molecule has 102 valence electrons. The first kappa shape index (κ1) is 15.0. The van der Waals surface area contributed by atoms with E-state index < -0.39 is 0 Å². The minimum atomic E-state index is 0.313. The van der Waals surface area contributed by atoms with Gasteiger partial charge in [-0.3, -0.25) is 4.98 Å². The molecule has 18 heavy (non-hydrogen) atoms. The van der Waals surface area contributed by atoms with E-state index in [4.69, 9.17) is 4.74 Å². The van der Waals surface area contributed by atoms with Crippen LogP contribution in [-0.2, 0) is 0 Å².